The Balaban J connectivity index is 2.31. The summed E-state index contributed by atoms with van der Waals surface area (Å²) >= 11 is 1.23. The van der Waals surface area contributed by atoms with E-state index in [0.29, 0.717) is 10.4 Å². The maximum Gasteiger partial charge on any atom is 0.323 e. The van der Waals surface area contributed by atoms with Crippen molar-refractivity contribution in [1.82, 2.24) is 4.57 Å². The third-order valence-corrected chi connectivity index (χ3v) is 3.26. The van der Waals surface area contributed by atoms with Crippen molar-refractivity contribution < 1.29 is 14.7 Å². The number of carbonyl (C=O) groups is 2. The highest BCUT2D eigenvalue weighted by Crippen LogP contribution is 2.04. The highest BCUT2D eigenvalue weighted by Gasteiger charge is 2.06. The Bertz CT molecular complexity index is 668. The number of rotatable bonds is 3. The van der Waals surface area contributed by atoms with Crippen LogP contribution in [0.2, 0.25) is 0 Å². The summed E-state index contributed by atoms with van der Waals surface area (Å²) in [6.07, 6.45) is 1.60. The topological polar surface area (TPSA) is 71.7 Å². The fourth-order valence-electron chi connectivity index (χ4n) is 1.50. The lowest BCUT2D eigenvalue weighted by Crippen LogP contribution is -2.20. The van der Waals surface area contributed by atoms with Crippen LogP contribution in [0.15, 0.2) is 40.8 Å². The summed E-state index contributed by atoms with van der Waals surface area (Å²) in [5.41, 5.74) is 1.55. The molecule has 1 aromatic heterocycles. The molecule has 0 aliphatic rings. The largest absolute Gasteiger partial charge is 0.480 e. The van der Waals surface area contributed by atoms with Gasteiger partial charge in [-0.3, -0.25) is 9.59 Å². The zero-order valence-corrected chi connectivity index (χ0v) is 11.1. The first-order valence-corrected chi connectivity index (χ1v) is 6.45. The smallest absolute Gasteiger partial charge is 0.323 e. The molecule has 6 heteroatoms. The molecule has 0 radical (unpaired) electrons. The third kappa shape index (κ3) is 3.38. The van der Waals surface area contributed by atoms with Gasteiger partial charge >= 0.3 is 5.97 Å². The van der Waals surface area contributed by atoms with Crippen molar-refractivity contribution in [2.75, 3.05) is 0 Å². The summed E-state index contributed by atoms with van der Waals surface area (Å²) in [7, 11) is 0. The standard InChI is InChI=1S/C13H12N2O3S/c1-9-2-4-10(5-3-9)12(18)14-13-15(6-7-19-13)8-11(16)17/h2-7H,8H2,1H3,(H,16,17). The van der Waals surface area contributed by atoms with E-state index in [9.17, 15) is 9.59 Å². The van der Waals surface area contributed by atoms with E-state index in [1.165, 1.54) is 15.9 Å². The highest BCUT2D eigenvalue weighted by molar-refractivity contribution is 7.07. The Morgan fingerprint density at radius 1 is 1.32 bits per heavy atom. The molecule has 5 nitrogen and oxygen atoms in total. The van der Waals surface area contributed by atoms with Crippen LogP contribution in [0.1, 0.15) is 15.9 Å². The van der Waals surface area contributed by atoms with Crippen molar-refractivity contribution in [3.8, 4) is 0 Å². The van der Waals surface area contributed by atoms with E-state index in [4.69, 9.17) is 5.11 Å². The van der Waals surface area contributed by atoms with Gasteiger partial charge in [-0.05, 0) is 19.1 Å². The van der Waals surface area contributed by atoms with E-state index < -0.39 is 5.97 Å². The molecule has 2 aromatic rings. The molecule has 0 fully saturated rings. The molecule has 1 amide bonds. The van der Waals surface area contributed by atoms with E-state index >= 15 is 0 Å². The van der Waals surface area contributed by atoms with E-state index in [1.807, 2.05) is 19.1 Å². The number of hydrogen-bond donors (Lipinski definition) is 1. The van der Waals surface area contributed by atoms with Gasteiger partial charge in [0, 0.05) is 17.1 Å². The second-order valence-electron chi connectivity index (χ2n) is 3.99. The first kappa shape index (κ1) is 13.2. The van der Waals surface area contributed by atoms with Gasteiger partial charge in [0.2, 0.25) is 0 Å². The Labute approximate surface area is 113 Å². The number of hydrogen-bond acceptors (Lipinski definition) is 3. The fraction of sp³-hybridized carbons (Fsp3) is 0.154. The number of carbonyl (C=O) groups excluding carboxylic acids is 1. The number of benzene rings is 1. The minimum Gasteiger partial charge on any atom is -0.480 e. The van der Waals surface area contributed by atoms with Gasteiger partial charge in [-0.25, -0.2) is 0 Å². The third-order valence-electron chi connectivity index (χ3n) is 2.46. The van der Waals surface area contributed by atoms with E-state index in [-0.39, 0.29) is 12.5 Å². The number of carboxylic acids is 1. The van der Waals surface area contributed by atoms with Crippen molar-refractivity contribution in [3.63, 3.8) is 0 Å². The minimum absolute atomic E-state index is 0.205. The molecule has 0 saturated carbocycles. The maximum atomic E-state index is 11.9. The molecule has 1 N–H and O–H groups in total. The number of aromatic nitrogens is 1. The number of carboxylic acid groups (broad SMARTS) is 1. The summed E-state index contributed by atoms with van der Waals surface area (Å²) in [6.45, 7) is 1.73. The molecule has 2 rings (SSSR count). The Hall–Kier alpha value is -2.21. The van der Waals surface area contributed by atoms with Gasteiger partial charge < -0.3 is 9.67 Å². The summed E-state index contributed by atoms with van der Waals surface area (Å²) in [6, 6.07) is 7.08. The second kappa shape index (κ2) is 5.62. The zero-order chi connectivity index (χ0) is 13.8. The minimum atomic E-state index is -0.970. The van der Waals surface area contributed by atoms with Crippen LogP contribution in [-0.4, -0.2) is 21.6 Å². The lowest BCUT2D eigenvalue weighted by atomic mass is 10.1. The zero-order valence-electron chi connectivity index (χ0n) is 10.2. The van der Waals surface area contributed by atoms with E-state index in [0.717, 1.165) is 5.56 Å². The van der Waals surface area contributed by atoms with Gasteiger partial charge in [-0.2, -0.15) is 4.99 Å². The number of aryl methyl sites for hydroxylation is 1. The first-order valence-electron chi connectivity index (χ1n) is 5.58. The normalized spacial score (nSPS) is 11.5. The van der Waals surface area contributed by atoms with Crippen molar-refractivity contribution >= 4 is 23.2 Å². The SMILES string of the molecule is Cc1ccc(C(=O)N=c2sccn2CC(=O)O)cc1. The van der Waals surface area contributed by atoms with Crippen LogP contribution in [0.25, 0.3) is 0 Å². The van der Waals surface area contributed by atoms with Crippen LogP contribution in [-0.2, 0) is 11.3 Å². The Morgan fingerprint density at radius 3 is 2.63 bits per heavy atom. The first-order chi connectivity index (χ1) is 9.06. The summed E-state index contributed by atoms with van der Waals surface area (Å²) in [4.78, 5) is 26.9. The van der Waals surface area contributed by atoms with Crippen molar-refractivity contribution in [1.29, 1.82) is 0 Å². The predicted molar refractivity (Wildman–Crippen MR) is 71.0 cm³/mol. The van der Waals surface area contributed by atoms with Gasteiger partial charge in [0.15, 0.2) is 4.80 Å². The lowest BCUT2D eigenvalue weighted by molar-refractivity contribution is -0.137. The molecular weight excluding hydrogens is 264 g/mol. The van der Waals surface area contributed by atoms with Crippen LogP contribution >= 0.6 is 11.3 Å². The quantitative estimate of drug-likeness (QED) is 0.927. The average Bonchev–Trinajstić information content (AvgIpc) is 2.76. The van der Waals surface area contributed by atoms with Crippen LogP contribution in [0, 0.1) is 6.92 Å². The van der Waals surface area contributed by atoms with Gasteiger partial charge in [0.05, 0.1) is 0 Å². The molecule has 1 aromatic carbocycles. The fourth-order valence-corrected chi connectivity index (χ4v) is 2.23. The summed E-state index contributed by atoms with van der Waals surface area (Å²) in [5, 5.41) is 10.4. The number of nitrogens with zero attached hydrogens (tertiary/aromatic N) is 2. The molecule has 1 heterocycles. The second-order valence-corrected chi connectivity index (χ2v) is 4.86. The maximum absolute atomic E-state index is 11.9. The lowest BCUT2D eigenvalue weighted by Gasteiger charge is -1.98. The van der Waals surface area contributed by atoms with Crippen LogP contribution in [0.5, 0.6) is 0 Å². The molecule has 0 aliphatic carbocycles. The van der Waals surface area contributed by atoms with Crippen LogP contribution in [0.3, 0.4) is 0 Å². The average molecular weight is 276 g/mol. The molecule has 0 unspecified atom stereocenters. The van der Waals surface area contributed by atoms with Crippen molar-refractivity contribution in [3.05, 3.63) is 51.8 Å². The Morgan fingerprint density at radius 2 is 2.00 bits per heavy atom. The molecule has 0 spiro atoms. The van der Waals surface area contributed by atoms with Crippen molar-refractivity contribution in [2.45, 2.75) is 13.5 Å². The molecule has 0 atom stereocenters. The highest BCUT2D eigenvalue weighted by atomic mass is 32.1. The van der Waals surface area contributed by atoms with Gasteiger partial charge in [-0.15, -0.1) is 11.3 Å². The number of thiazole rings is 1. The van der Waals surface area contributed by atoms with Gasteiger partial charge in [-0.1, -0.05) is 17.7 Å². The predicted octanol–water partition coefficient (Wildman–Crippen LogP) is 1.68. The summed E-state index contributed by atoms with van der Waals surface area (Å²) in [5.74, 6) is -1.34. The summed E-state index contributed by atoms with van der Waals surface area (Å²) < 4.78 is 1.43. The molecular formula is C13H12N2O3S. The molecule has 0 aliphatic heterocycles. The number of amides is 1. The van der Waals surface area contributed by atoms with E-state index in [1.54, 1.807) is 23.7 Å². The van der Waals surface area contributed by atoms with Crippen LogP contribution < -0.4 is 4.80 Å². The molecule has 19 heavy (non-hydrogen) atoms. The van der Waals surface area contributed by atoms with Crippen molar-refractivity contribution in [2.24, 2.45) is 4.99 Å². The monoisotopic (exact) mass is 276 g/mol. The molecule has 0 bridgehead atoms. The number of aliphatic carboxylic acids is 1. The molecule has 98 valence electrons. The van der Waals surface area contributed by atoms with E-state index in [2.05, 4.69) is 4.99 Å². The Kier molecular flexibility index (Phi) is 3.91. The van der Waals surface area contributed by atoms with Crippen LogP contribution in [0.4, 0.5) is 0 Å². The molecule has 0 saturated heterocycles. The van der Waals surface area contributed by atoms with Gasteiger partial charge in [0.1, 0.15) is 6.54 Å². The van der Waals surface area contributed by atoms with Gasteiger partial charge in [0.25, 0.3) is 5.91 Å².